The van der Waals surface area contributed by atoms with Gasteiger partial charge in [0.15, 0.2) is 14.1 Å². The molecule has 1 heterocycles. The van der Waals surface area contributed by atoms with Crippen LogP contribution in [0, 0.1) is 11.3 Å². The van der Waals surface area contributed by atoms with Gasteiger partial charge in [-0.15, -0.1) is 0 Å². The molecule has 0 aromatic heterocycles. The molecule has 2 saturated carbocycles. The van der Waals surface area contributed by atoms with Crippen molar-refractivity contribution >= 4 is 14.1 Å². The lowest BCUT2D eigenvalue weighted by Crippen LogP contribution is -2.62. The average molecular weight is 365 g/mol. The Balaban J connectivity index is 1.82. The van der Waals surface area contributed by atoms with E-state index in [2.05, 4.69) is 27.7 Å². The third kappa shape index (κ3) is 2.25. The lowest BCUT2D eigenvalue weighted by atomic mass is 9.69. The smallest absolute Gasteiger partial charge is 0.203 e. The number of ether oxygens (including phenoxy) is 2. The Morgan fingerprint density at radius 2 is 1.72 bits per heavy atom. The van der Waals surface area contributed by atoms with Crippen LogP contribution in [0.15, 0.2) is 11.1 Å². The zero-order valence-corrected chi connectivity index (χ0v) is 17.2. The molecule has 1 saturated heterocycles. The van der Waals surface area contributed by atoms with Gasteiger partial charge in [0, 0.05) is 23.3 Å². The van der Waals surface area contributed by atoms with Gasteiger partial charge in [-0.3, -0.25) is 4.79 Å². The molecular weight excluding hydrogens is 332 g/mol. The molecule has 0 aromatic rings. The fourth-order valence-corrected chi connectivity index (χ4v) is 8.62. The maximum Gasteiger partial charge on any atom is 0.203 e. The lowest BCUT2D eigenvalue weighted by Gasteiger charge is -2.51. The molecule has 3 aliphatic carbocycles. The zero-order valence-electron chi connectivity index (χ0n) is 16.2. The summed E-state index contributed by atoms with van der Waals surface area (Å²) in [6.45, 7) is 10.2. The monoisotopic (exact) mass is 364 g/mol. The SMILES string of the molecule is CC[Si](CC)(CC)O[C@@H]1[C@@H]2CCC(=O)C2=C(C)C2(CC2)C12OCCO2. The highest BCUT2D eigenvalue weighted by Crippen LogP contribution is 2.69. The predicted molar refractivity (Wildman–Crippen MR) is 98.8 cm³/mol. The summed E-state index contributed by atoms with van der Waals surface area (Å²) >= 11 is 0. The summed E-state index contributed by atoms with van der Waals surface area (Å²) in [5.74, 6) is -0.145. The lowest BCUT2D eigenvalue weighted by molar-refractivity contribution is -0.262. The third-order valence-electron chi connectivity index (χ3n) is 7.66. The minimum Gasteiger partial charge on any atom is -0.408 e. The molecule has 0 aromatic carbocycles. The molecule has 0 radical (unpaired) electrons. The Morgan fingerprint density at radius 1 is 1.12 bits per heavy atom. The maximum absolute atomic E-state index is 12.7. The Morgan fingerprint density at radius 3 is 2.24 bits per heavy atom. The van der Waals surface area contributed by atoms with Crippen molar-refractivity contribution in [1.29, 1.82) is 0 Å². The van der Waals surface area contributed by atoms with E-state index in [1.807, 2.05) is 0 Å². The van der Waals surface area contributed by atoms with Crippen LogP contribution in [-0.2, 0) is 18.7 Å². The molecule has 4 rings (SSSR count). The Bertz CT molecular complexity index is 589. The molecule has 0 unspecified atom stereocenters. The quantitative estimate of drug-likeness (QED) is 0.686. The largest absolute Gasteiger partial charge is 0.408 e. The number of carbonyl (C=O) groups is 1. The van der Waals surface area contributed by atoms with E-state index in [4.69, 9.17) is 13.9 Å². The van der Waals surface area contributed by atoms with Crippen molar-refractivity contribution in [1.82, 2.24) is 0 Å². The first-order chi connectivity index (χ1) is 12.0. The standard InChI is InChI=1S/C20H32O4Si/c1-5-25(6-2,7-3)24-18-15-8-9-16(21)17(15)14(4)19(10-11-19)20(18)22-12-13-23-20/h15,18H,5-13H2,1-4H3/t15-,18-/m1/s1. The van der Waals surface area contributed by atoms with Crippen LogP contribution < -0.4 is 0 Å². The molecule has 140 valence electrons. The van der Waals surface area contributed by atoms with Gasteiger partial charge in [0.2, 0.25) is 5.79 Å². The molecule has 0 amide bonds. The van der Waals surface area contributed by atoms with Crippen molar-refractivity contribution in [3.05, 3.63) is 11.1 Å². The highest BCUT2D eigenvalue weighted by atomic mass is 28.4. The summed E-state index contributed by atoms with van der Waals surface area (Å²) in [6, 6.07) is 3.33. The molecule has 0 N–H and O–H groups in total. The van der Waals surface area contributed by atoms with E-state index >= 15 is 0 Å². The van der Waals surface area contributed by atoms with Crippen molar-refractivity contribution < 1.29 is 18.7 Å². The van der Waals surface area contributed by atoms with Gasteiger partial charge in [-0.05, 0) is 44.3 Å². The summed E-state index contributed by atoms with van der Waals surface area (Å²) in [4.78, 5) is 12.7. The predicted octanol–water partition coefficient (Wildman–Crippen LogP) is 4.21. The van der Waals surface area contributed by atoms with Gasteiger partial charge in [0.1, 0.15) is 6.10 Å². The van der Waals surface area contributed by atoms with Crippen LogP contribution in [0.1, 0.15) is 53.4 Å². The fraction of sp³-hybridized carbons (Fsp3) is 0.850. The summed E-state index contributed by atoms with van der Waals surface area (Å²) in [5, 5.41) is 0. The number of fused-ring (bicyclic) bond motifs is 2. The minimum absolute atomic E-state index is 0.103. The molecular formula is C20H32O4Si. The zero-order chi connectivity index (χ0) is 17.9. The number of hydrogen-bond donors (Lipinski definition) is 0. The van der Waals surface area contributed by atoms with Crippen molar-refractivity contribution in [2.45, 2.75) is 83.4 Å². The molecule has 5 heteroatoms. The first kappa shape index (κ1) is 17.9. The fourth-order valence-electron chi connectivity index (χ4n) is 5.76. The number of Topliss-reactive ketones (excluding diaryl/α,β-unsaturated/α-hetero) is 1. The van der Waals surface area contributed by atoms with Crippen LogP contribution in [0.4, 0.5) is 0 Å². The van der Waals surface area contributed by atoms with Gasteiger partial charge < -0.3 is 13.9 Å². The van der Waals surface area contributed by atoms with Crippen LogP contribution in [0.2, 0.25) is 18.1 Å². The van der Waals surface area contributed by atoms with Crippen molar-refractivity contribution in [2.24, 2.45) is 11.3 Å². The van der Waals surface area contributed by atoms with Gasteiger partial charge >= 0.3 is 0 Å². The molecule has 2 atom stereocenters. The van der Waals surface area contributed by atoms with E-state index in [1.54, 1.807) is 0 Å². The molecule has 2 spiro atoms. The topological polar surface area (TPSA) is 44.8 Å². The molecule has 0 bridgehead atoms. The molecule has 4 nitrogen and oxygen atoms in total. The number of hydrogen-bond acceptors (Lipinski definition) is 4. The second kappa shape index (κ2) is 6.01. The second-order valence-electron chi connectivity index (χ2n) is 8.34. The van der Waals surface area contributed by atoms with Crippen molar-refractivity contribution in [3.8, 4) is 0 Å². The van der Waals surface area contributed by atoms with Crippen molar-refractivity contribution in [2.75, 3.05) is 13.2 Å². The number of rotatable bonds is 5. The summed E-state index contributed by atoms with van der Waals surface area (Å²) in [6.07, 6.45) is 3.56. The maximum atomic E-state index is 12.7. The van der Waals surface area contributed by atoms with E-state index in [1.165, 1.54) is 5.57 Å². The first-order valence-corrected chi connectivity index (χ1v) is 12.7. The highest BCUT2D eigenvalue weighted by molar-refractivity contribution is 6.73. The van der Waals surface area contributed by atoms with Crippen LogP contribution >= 0.6 is 0 Å². The van der Waals surface area contributed by atoms with Gasteiger partial charge in [0.25, 0.3) is 0 Å². The molecule has 1 aliphatic heterocycles. The van der Waals surface area contributed by atoms with Crippen LogP contribution in [0.3, 0.4) is 0 Å². The normalized spacial score (nSPS) is 32.7. The second-order valence-corrected chi connectivity index (χ2v) is 13.1. The van der Waals surface area contributed by atoms with E-state index < -0.39 is 14.1 Å². The van der Waals surface area contributed by atoms with Crippen LogP contribution in [0.5, 0.6) is 0 Å². The summed E-state index contributed by atoms with van der Waals surface area (Å²) in [5.41, 5.74) is 2.20. The Hall–Kier alpha value is -0.493. The van der Waals surface area contributed by atoms with E-state index in [0.29, 0.717) is 25.4 Å². The van der Waals surface area contributed by atoms with E-state index in [9.17, 15) is 4.79 Å². The average Bonchev–Trinajstić information content (AvgIpc) is 3.13. The van der Waals surface area contributed by atoms with Gasteiger partial charge in [-0.1, -0.05) is 26.3 Å². The van der Waals surface area contributed by atoms with E-state index in [-0.39, 0.29) is 17.4 Å². The van der Waals surface area contributed by atoms with Crippen molar-refractivity contribution in [3.63, 3.8) is 0 Å². The molecule has 4 aliphatic rings. The van der Waals surface area contributed by atoms with Gasteiger partial charge in [-0.2, -0.15) is 0 Å². The summed E-state index contributed by atoms with van der Waals surface area (Å²) < 4.78 is 19.8. The van der Waals surface area contributed by atoms with E-state index in [0.717, 1.165) is 43.0 Å². The Labute approximate surface area is 152 Å². The molecule has 25 heavy (non-hydrogen) atoms. The first-order valence-electron chi connectivity index (χ1n) is 10.2. The Kier molecular flexibility index (Phi) is 4.30. The van der Waals surface area contributed by atoms with Crippen LogP contribution in [0.25, 0.3) is 0 Å². The minimum atomic E-state index is -1.83. The molecule has 3 fully saturated rings. The van der Waals surface area contributed by atoms with Crippen LogP contribution in [-0.4, -0.2) is 39.2 Å². The summed E-state index contributed by atoms with van der Waals surface area (Å²) in [7, 11) is -1.83. The number of ketones is 1. The number of carbonyl (C=O) groups excluding carboxylic acids is 1. The van der Waals surface area contributed by atoms with Gasteiger partial charge in [-0.25, -0.2) is 0 Å². The third-order valence-corrected chi connectivity index (χ3v) is 12.3. The highest BCUT2D eigenvalue weighted by Gasteiger charge is 2.73. The van der Waals surface area contributed by atoms with Gasteiger partial charge in [0.05, 0.1) is 13.2 Å².